The minimum atomic E-state index is 0.984. The average molecular weight is 182 g/mol. The number of nitrogens with one attached hydrogen (secondary N) is 1. The molecule has 0 aromatic heterocycles. The van der Waals surface area contributed by atoms with E-state index in [1.54, 1.807) is 0 Å². The lowest BCUT2D eigenvalue weighted by atomic mass is 9.94. The van der Waals surface area contributed by atoms with Gasteiger partial charge in [-0.05, 0) is 19.3 Å². The summed E-state index contributed by atoms with van der Waals surface area (Å²) in [5.74, 6) is 0.984. The van der Waals surface area contributed by atoms with Crippen LogP contribution >= 0.6 is 0 Å². The van der Waals surface area contributed by atoms with Crippen molar-refractivity contribution in [1.82, 2.24) is 0 Å². The maximum absolute atomic E-state index is 2.45. The molecule has 3 N–H and O–H groups in total. The Morgan fingerprint density at radius 3 is 2.77 bits per heavy atom. The highest BCUT2D eigenvalue weighted by molar-refractivity contribution is 4.89. The zero-order chi connectivity index (χ0) is 8.93. The highest BCUT2D eigenvalue weighted by Crippen LogP contribution is 2.15. The van der Waals surface area contributed by atoms with Gasteiger partial charge in [-0.2, -0.15) is 0 Å². The van der Waals surface area contributed by atoms with Crippen molar-refractivity contribution in [3.05, 3.63) is 12.2 Å². The van der Waals surface area contributed by atoms with Crippen LogP contribution in [0.2, 0.25) is 0 Å². The summed E-state index contributed by atoms with van der Waals surface area (Å²) in [6.07, 6.45) is 8.82. The van der Waals surface area contributed by atoms with Crippen LogP contribution in [0.4, 0.5) is 0 Å². The molecule has 0 amide bonds. The monoisotopic (exact) mass is 182 g/mol. The molecular weight excluding hydrogens is 160 g/mol. The third-order valence-corrected chi connectivity index (χ3v) is 3.36. The maximum atomic E-state index is 2.45. The Hall–Kier alpha value is -0.340. The quantitative estimate of drug-likeness (QED) is 0.501. The second-order valence-electron chi connectivity index (χ2n) is 4.47. The highest BCUT2D eigenvalue weighted by Gasteiger charge is 2.20. The fourth-order valence-electron chi connectivity index (χ4n) is 2.54. The van der Waals surface area contributed by atoms with Gasteiger partial charge in [0.05, 0.1) is 6.54 Å². The first-order chi connectivity index (χ1) is 6.45. The van der Waals surface area contributed by atoms with Crippen LogP contribution in [0.1, 0.15) is 19.3 Å². The van der Waals surface area contributed by atoms with E-state index in [4.69, 9.17) is 0 Å². The molecule has 0 unspecified atom stereocenters. The molecule has 1 aliphatic heterocycles. The number of hydrogen-bond acceptors (Lipinski definition) is 0. The van der Waals surface area contributed by atoms with Crippen LogP contribution in [-0.2, 0) is 0 Å². The molecule has 2 rings (SSSR count). The molecular formula is C11H22N2+2. The Kier molecular flexibility index (Phi) is 3.39. The van der Waals surface area contributed by atoms with Gasteiger partial charge < -0.3 is 10.2 Å². The lowest BCUT2D eigenvalue weighted by molar-refractivity contribution is -0.949. The molecule has 0 radical (unpaired) electrons. The minimum Gasteiger partial charge on any atom is -0.337 e. The number of quaternary nitrogens is 2. The van der Waals surface area contributed by atoms with Gasteiger partial charge in [0.1, 0.15) is 26.2 Å². The molecule has 0 aromatic carbocycles. The molecule has 13 heavy (non-hydrogen) atoms. The van der Waals surface area contributed by atoms with E-state index in [1.807, 2.05) is 4.90 Å². The van der Waals surface area contributed by atoms with Crippen LogP contribution in [0.3, 0.4) is 0 Å². The normalized spacial score (nSPS) is 30.6. The Morgan fingerprint density at radius 1 is 1.23 bits per heavy atom. The molecule has 1 saturated heterocycles. The Labute approximate surface area is 81.0 Å². The van der Waals surface area contributed by atoms with Gasteiger partial charge in [0.25, 0.3) is 0 Å². The second kappa shape index (κ2) is 4.77. The standard InChI is InChI=1S/C11H20N2/c1-2-4-11(5-3-1)10-13-8-6-12-7-9-13/h1-2,11-12H,3-10H2/p+2/t11-/m0/s1. The Balaban J connectivity index is 1.72. The molecule has 0 bridgehead atoms. The van der Waals surface area contributed by atoms with E-state index >= 15 is 0 Å². The third kappa shape index (κ3) is 2.82. The van der Waals surface area contributed by atoms with Crippen molar-refractivity contribution >= 4 is 0 Å². The van der Waals surface area contributed by atoms with E-state index in [9.17, 15) is 0 Å². The van der Waals surface area contributed by atoms with Crippen LogP contribution in [-0.4, -0.2) is 32.7 Å². The Bertz CT molecular complexity index is 171. The van der Waals surface area contributed by atoms with Gasteiger partial charge in [0.15, 0.2) is 0 Å². The largest absolute Gasteiger partial charge is 0.337 e. The Morgan fingerprint density at radius 2 is 2.08 bits per heavy atom. The van der Waals surface area contributed by atoms with E-state index in [0.717, 1.165) is 5.92 Å². The van der Waals surface area contributed by atoms with Crippen molar-refractivity contribution in [2.45, 2.75) is 19.3 Å². The molecule has 1 aliphatic carbocycles. The molecule has 1 heterocycles. The van der Waals surface area contributed by atoms with Crippen molar-refractivity contribution in [2.24, 2.45) is 5.92 Å². The molecule has 1 atom stereocenters. The lowest BCUT2D eigenvalue weighted by Gasteiger charge is -2.27. The van der Waals surface area contributed by atoms with Crippen molar-refractivity contribution in [1.29, 1.82) is 0 Å². The summed E-state index contributed by atoms with van der Waals surface area (Å²) in [7, 11) is 0. The molecule has 2 heteroatoms. The van der Waals surface area contributed by atoms with E-state index in [1.165, 1.54) is 52.0 Å². The van der Waals surface area contributed by atoms with Gasteiger partial charge in [0.2, 0.25) is 0 Å². The van der Waals surface area contributed by atoms with Gasteiger partial charge in [-0.1, -0.05) is 12.2 Å². The van der Waals surface area contributed by atoms with Crippen LogP contribution in [0, 0.1) is 5.92 Å². The number of nitrogens with two attached hydrogens (primary N) is 1. The van der Waals surface area contributed by atoms with Crippen LogP contribution in [0.25, 0.3) is 0 Å². The summed E-state index contributed by atoms with van der Waals surface area (Å²) in [6.45, 7) is 6.90. The van der Waals surface area contributed by atoms with Gasteiger partial charge in [-0.25, -0.2) is 0 Å². The smallest absolute Gasteiger partial charge is 0.127 e. The van der Waals surface area contributed by atoms with Crippen LogP contribution in [0.15, 0.2) is 12.2 Å². The number of hydrogen-bond donors (Lipinski definition) is 2. The van der Waals surface area contributed by atoms with E-state index in [-0.39, 0.29) is 0 Å². The summed E-state index contributed by atoms with van der Waals surface area (Å²) in [5, 5.41) is 2.45. The van der Waals surface area contributed by atoms with E-state index in [2.05, 4.69) is 17.5 Å². The summed E-state index contributed by atoms with van der Waals surface area (Å²) in [6, 6.07) is 0. The molecule has 0 saturated carbocycles. The predicted molar refractivity (Wildman–Crippen MR) is 53.7 cm³/mol. The molecule has 2 aliphatic rings. The van der Waals surface area contributed by atoms with E-state index < -0.39 is 0 Å². The summed E-state index contributed by atoms with van der Waals surface area (Å²) in [4.78, 5) is 1.85. The topological polar surface area (TPSA) is 21.1 Å². The molecule has 1 fully saturated rings. The summed E-state index contributed by atoms with van der Waals surface area (Å²) >= 11 is 0. The minimum absolute atomic E-state index is 0.984. The number of piperazine rings is 1. The summed E-state index contributed by atoms with van der Waals surface area (Å²) in [5.41, 5.74) is 0. The van der Waals surface area contributed by atoms with Crippen molar-refractivity contribution < 1.29 is 10.2 Å². The molecule has 74 valence electrons. The molecule has 2 nitrogen and oxygen atoms in total. The first-order valence-corrected chi connectivity index (χ1v) is 5.75. The molecule has 0 aromatic rings. The van der Waals surface area contributed by atoms with Crippen LogP contribution < -0.4 is 10.2 Å². The fraction of sp³-hybridized carbons (Fsp3) is 0.818. The fourth-order valence-corrected chi connectivity index (χ4v) is 2.54. The van der Waals surface area contributed by atoms with Crippen molar-refractivity contribution in [2.75, 3.05) is 32.7 Å². The number of allylic oxidation sites excluding steroid dienone is 2. The highest BCUT2D eigenvalue weighted by atomic mass is 15.2. The third-order valence-electron chi connectivity index (χ3n) is 3.36. The lowest BCUT2D eigenvalue weighted by Crippen LogP contribution is -3.20. The number of rotatable bonds is 2. The zero-order valence-electron chi connectivity index (χ0n) is 8.47. The first-order valence-electron chi connectivity index (χ1n) is 5.75. The maximum Gasteiger partial charge on any atom is 0.127 e. The SMILES string of the molecule is C1=CC[C@H](C[NH+]2CC[NH2+]CC2)CC1. The van der Waals surface area contributed by atoms with Crippen molar-refractivity contribution in [3.63, 3.8) is 0 Å². The zero-order valence-corrected chi connectivity index (χ0v) is 8.47. The van der Waals surface area contributed by atoms with Gasteiger partial charge in [-0.3, -0.25) is 0 Å². The van der Waals surface area contributed by atoms with Gasteiger partial charge >= 0.3 is 0 Å². The van der Waals surface area contributed by atoms with Gasteiger partial charge in [-0.15, -0.1) is 0 Å². The van der Waals surface area contributed by atoms with Crippen LogP contribution in [0.5, 0.6) is 0 Å². The van der Waals surface area contributed by atoms with Gasteiger partial charge in [0, 0.05) is 5.92 Å². The summed E-state index contributed by atoms with van der Waals surface area (Å²) < 4.78 is 0. The second-order valence-corrected chi connectivity index (χ2v) is 4.47. The van der Waals surface area contributed by atoms with E-state index in [0.29, 0.717) is 0 Å². The first kappa shape index (κ1) is 9.22. The van der Waals surface area contributed by atoms with Crippen molar-refractivity contribution in [3.8, 4) is 0 Å². The molecule has 0 spiro atoms. The predicted octanol–water partition coefficient (Wildman–Crippen LogP) is -1.20. The average Bonchev–Trinajstić information content (AvgIpc) is 2.21.